The molecule has 0 spiro atoms. The summed E-state index contributed by atoms with van der Waals surface area (Å²) in [5.41, 5.74) is 4.24. The Kier molecular flexibility index (Phi) is 5.79. The van der Waals surface area contributed by atoms with Crippen molar-refractivity contribution >= 4 is 17.7 Å². The molecule has 0 amide bonds. The minimum atomic E-state index is -1.08. The minimum absolute atomic E-state index is 0.187. The van der Waals surface area contributed by atoms with E-state index in [-0.39, 0.29) is 12.0 Å². The largest absolute Gasteiger partial charge is 0.467 e. The summed E-state index contributed by atoms with van der Waals surface area (Å²) >= 11 is 1.61. The zero-order valence-electron chi connectivity index (χ0n) is 18.3. The zero-order valence-corrected chi connectivity index (χ0v) is 19.2. The van der Waals surface area contributed by atoms with Crippen LogP contribution in [0.15, 0.2) is 121 Å². The van der Waals surface area contributed by atoms with E-state index in [4.69, 9.17) is 4.74 Å². The molecule has 0 saturated carbocycles. The number of hydrogen-bond donors (Lipinski definition) is 1. The topological polar surface area (TPSA) is 38.3 Å². The standard InChI is InChI=1S/C29H25NO2S/c1-32-27(31)29(25-20-12-5-13-21-25)30-26(22-14-6-2-7-15-22)28(33-29,23-16-8-3-9-17-23)24-18-10-4-11-19-24/h2-21,26,30H,1H3/t26-,29-/m0/s1. The second-order valence-corrected chi connectivity index (χ2v) is 9.56. The molecule has 0 radical (unpaired) electrons. The van der Waals surface area contributed by atoms with Gasteiger partial charge in [-0.25, -0.2) is 4.79 Å². The number of nitrogens with one attached hydrogen (secondary N) is 1. The van der Waals surface area contributed by atoms with E-state index < -0.39 is 9.62 Å². The molecule has 1 aliphatic heterocycles. The quantitative estimate of drug-likeness (QED) is 0.376. The Bertz CT molecular complexity index is 1180. The lowest BCUT2D eigenvalue weighted by molar-refractivity contribution is -0.144. The molecule has 4 heteroatoms. The van der Waals surface area contributed by atoms with Gasteiger partial charge in [0.2, 0.25) is 0 Å². The number of methoxy groups -OCH3 is 1. The number of carbonyl (C=O) groups is 1. The van der Waals surface area contributed by atoms with E-state index in [0.717, 1.165) is 22.3 Å². The van der Waals surface area contributed by atoms with Crippen LogP contribution < -0.4 is 5.32 Å². The number of esters is 1. The van der Waals surface area contributed by atoms with Crippen LogP contribution in [0.25, 0.3) is 0 Å². The summed E-state index contributed by atoms with van der Waals surface area (Å²) in [6.07, 6.45) is 0. The lowest BCUT2D eigenvalue weighted by atomic mass is 9.80. The van der Waals surface area contributed by atoms with Crippen LogP contribution in [-0.4, -0.2) is 13.1 Å². The van der Waals surface area contributed by atoms with E-state index in [2.05, 4.69) is 66.0 Å². The Morgan fingerprint density at radius 1 is 0.697 bits per heavy atom. The molecule has 0 aliphatic carbocycles. The Morgan fingerprint density at radius 3 is 1.58 bits per heavy atom. The highest BCUT2D eigenvalue weighted by atomic mass is 32.2. The van der Waals surface area contributed by atoms with Gasteiger partial charge in [-0.3, -0.25) is 5.32 Å². The SMILES string of the molecule is COC(=O)[C@@]1(c2ccccc2)N[C@@H](c2ccccc2)C(c2ccccc2)(c2ccccc2)S1. The van der Waals surface area contributed by atoms with Gasteiger partial charge in [0.15, 0.2) is 4.87 Å². The molecule has 1 saturated heterocycles. The average Bonchev–Trinajstić information content (AvgIpc) is 3.29. The van der Waals surface area contributed by atoms with Gasteiger partial charge in [0, 0.05) is 0 Å². The molecule has 1 N–H and O–H groups in total. The van der Waals surface area contributed by atoms with Crippen LogP contribution >= 0.6 is 11.8 Å². The molecule has 4 aromatic carbocycles. The summed E-state index contributed by atoms with van der Waals surface area (Å²) < 4.78 is 4.84. The fourth-order valence-corrected chi connectivity index (χ4v) is 6.67. The van der Waals surface area contributed by atoms with E-state index in [1.807, 2.05) is 60.7 Å². The van der Waals surface area contributed by atoms with Crippen molar-refractivity contribution in [3.63, 3.8) is 0 Å². The van der Waals surface area contributed by atoms with E-state index in [0.29, 0.717) is 0 Å². The molecule has 2 atom stereocenters. The highest BCUT2D eigenvalue weighted by Crippen LogP contribution is 2.64. The van der Waals surface area contributed by atoms with Crippen LogP contribution in [0.4, 0.5) is 0 Å². The van der Waals surface area contributed by atoms with Gasteiger partial charge in [-0.05, 0) is 22.3 Å². The van der Waals surface area contributed by atoms with Crippen LogP contribution in [-0.2, 0) is 19.1 Å². The first-order valence-electron chi connectivity index (χ1n) is 11.0. The highest BCUT2D eigenvalue weighted by molar-refractivity contribution is 8.02. The Morgan fingerprint density at radius 2 is 1.12 bits per heavy atom. The Labute approximate surface area is 198 Å². The van der Waals surface area contributed by atoms with Gasteiger partial charge in [-0.15, -0.1) is 11.8 Å². The predicted octanol–water partition coefficient (Wildman–Crippen LogP) is 6.03. The Balaban J connectivity index is 1.83. The van der Waals surface area contributed by atoms with Crippen molar-refractivity contribution in [3.8, 4) is 0 Å². The molecule has 1 fully saturated rings. The molecule has 164 valence electrons. The maximum atomic E-state index is 13.6. The third kappa shape index (κ3) is 3.56. The fraction of sp³-hybridized carbons (Fsp3) is 0.138. The number of carbonyl (C=O) groups excluding carboxylic acids is 1. The van der Waals surface area contributed by atoms with Crippen LogP contribution in [0.2, 0.25) is 0 Å². The third-order valence-corrected chi connectivity index (χ3v) is 8.12. The number of hydrogen-bond acceptors (Lipinski definition) is 4. The van der Waals surface area contributed by atoms with Crippen LogP contribution in [0.3, 0.4) is 0 Å². The molecular weight excluding hydrogens is 426 g/mol. The highest BCUT2D eigenvalue weighted by Gasteiger charge is 2.62. The van der Waals surface area contributed by atoms with E-state index in [1.165, 1.54) is 7.11 Å². The van der Waals surface area contributed by atoms with Crippen molar-refractivity contribution in [2.24, 2.45) is 0 Å². The lowest BCUT2D eigenvalue weighted by Crippen LogP contribution is -2.44. The molecule has 33 heavy (non-hydrogen) atoms. The summed E-state index contributed by atoms with van der Waals surface area (Å²) in [7, 11) is 1.46. The van der Waals surface area contributed by atoms with Crippen molar-refractivity contribution in [3.05, 3.63) is 144 Å². The van der Waals surface area contributed by atoms with Crippen LogP contribution in [0.1, 0.15) is 28.3 Å². The fourth-order valence-electron chi connectivity index (χ4n) is 4.76. The predicted molar refractivity (Wildman–Crippen MR) is 134 cm³/mol. The van der Waals surface area contributed by atoms with Crippen molar-refractivity contribution < 1.29 is 9.53 Å². The van der Waals surface area contributed by atoms with Crippen molar-refractivity contribution in [1.29, 1.82) is 0 Å². The van der Waals surface area contributed by atoms with Gasteiger partial charge in [0.1, 0.15) is 0 Å². The number of ether oxygens (including phenoxy) is 1. The first-order chi connectivity index (χ1) is 16.2. The normalized spacial score (nSPS) is 21.4. The number of benzene rings is 4. The molecule has 1 aliphatic rings. The molecule has 1 heterocycles. The first-order valence-corrected chi connectivity index (χ1v) is 11.8. The lowest BCUT2D eigenvalue weighted by Gasteiger charge is -2.36. The molecule has 0 unspecified atom stereocenters. The molecule has 3 nitrogen and oxygen atoms in total. The second-order valence-electron chi connectivity index (χ2n) is 8.10. The van der Waals surface area contributed by atoms with Gasteiger partial charge in [0.05, 0.1) is 17.9 Å². The van der Waals surface area contributed by atoms with Gasteiger partial charge in [0.25, 0.3) is 0 Å². The number of thioether (sulfide) groups is 1. The van der Waals surface area contributed by atoms with Crippen molar-refractivity contribution in [2.75, 3.05) is 7.11 Å². The second kappa shape index (κ2) is 8.89. The average molecular weight is 452 g/mol. The van der Waals surface area contributed by atoms with Crippen LogP contribution in [0, 0.1) is 0 Å². The smallest absolute Gasteiger partial charge is 0.341 e. The molecule has 4 aromatic rings. The van der Waals surface area contributed by atoms with Gasteiger partial charge < -0.3 is 4.74 Å². The zero-order chi connectivity index (χ0) is 22.7. The monoisotopic (exact) mass is 451 g/mol. The Hall–Kier alpha value is -3.34. The van der Waals surface area contributed by atoms with E-state index >= 15 is 0 Å². The van der Waals surface area contributed by atoms with Crippen LogP contribution in [0.5, 0.6) is 0 Å². The van der Waals surface area contributed by atoms with Crippen molar-refractivity contribution in [1.82, 2.24) is 5.32 Å². The summed E-state index contributed by atoms with van der Waals surface area (Å²) in [6.45, 7) is 0. The number of rotatable bonds is 5. The third-order valence-electron chi connectivity index (χ3n) is 6.26. The molecule has 0 aromatic heterocycles. The summed E-state index contributed by atoms with van der Waals surface area (Å²) in [5, 5.41) is 3.76. The van der Waals surface area contributed by atoms with Gasteiger partial charge >= 0.3 is 5.97 Å². The minimum Gasteiger partial charge on any atom is -0.467 e. The maximum absolute atomic E-state index is 13.6. The van der Waals surface area contributed by atoms with E-state index in [9.17, 15) is 4.79 Å². The van der Waals surface area contributed by atoms with Crippen molar-refractivity contribution in [2.45, 2.75) is 15.7 Å². The van der Waals surface area contributed by atoms with E-state index in [1.54, 1.807) is 11.8 Å². The summed E-state index contributed by atoms with van der Waals surface area (Å²) in [4.78, 5) is 12.5. The molecule has 0 bridgehead atoms. The van der Waals surface area contributed by atoms with Gasteiger partial charge in [-0.1, -0.05) is 121 Å². The maximum Gasteiger partial charge on any atom is 0.341 e. The summed E-state index contributed by atoms with van der Waals surface area (Å²) in [5.74, 6) is -0.312. The van der Waals surface area contributed by atoms with Gasteiger partial charge in [-0.2, -0.15) is 0 Å². The summed E-state index contributed by atoms with van der Waals surface area (Å²) in [6, 6.07) is 40.9. The molecular formula is C29H25NO2S. The molecule has 5 rings (SSSR count). The first kappa shape index (κ1) is 21.5.